The third-order valence-electron chi connectivity index (χ3n) is 4.62. The van der Waals surface area contributed by atoms with Crippen LogP contribution in [0.3, 0.4) is 0 Å². The average Bonchev–Trinajstić information content (AvgIpc) is 2.54. The first-order chi connectivity index (χ1) is 11.6. The molecule has 1 aromatic carbocycles. The van der Waals surface area contributed by atoms with Crippen molar-refractivity contribution in [1.29, 1.82) is 0 Å². The lowest BCUT2D eigenvalue weighted by atomic mass is 9.95. The summed E-state index contributed by atoms with van der Waals surface area (Å²) in [4.78, 5) is 28.7. The predicted octanol–water partition coefficient (Wildman–Crippen LogP) is 2.65. The Morgan fingerprint density at radius 2 is 1.92 bits per heavy atom. The number of amides is 2. The van der Waals surface area contributed by atoms with E-state index in [1.165, 1.54) is 0 Å². The van der Waals surface area contributed by atoms with Gasteiger partial charge in [0.2, 0.25) is 0 Å². The van der Waals surface area contributed by atoms with Crippen molar-refractivity contribution in [3.05, 3.63) is 35.4 Å². The van der Waals surface area contributed by atoms with Crippen molar-refractivity contribution in [2.24, 2.45) is 11.3 Å². The van der Waals surface area contributed by atoms with Crippen LogP contribution in [0.4, 0.5) is 0 Å². The van der Waals surface area contributed by atoms with E-state index in [4.69, 9.17) is 0 Å². The molecule has 1 N–H and O–H groups in total. The molecule has 1 saturated heterocycles. The van der Waals surface area contributed by atoms with Gasteiger partial charge in [0.25, 0.3) is 11.8 Å². The fraction of sp³-hybridized carbons (Fsp3) is 0.600. The highest BCUT2D eigenvalue weighted by Crippen LogP contribution is 2.20. The predicted molar refractivity (Wildman–Crippen MR) is 98.5 cm³/mol. The van der Waals surface area contributed by atoms with Crippen molar-refractivity contribution in [1.82, 2.24) is 9.80 Å². The van der Waals surface area contributed by atoms with Gasteiger partial charge < -0.3 is 14.9 Å². The van der Waals surface area contributed by atoms with Gasteiger partial charge in [-0.15, -0.1) is 0 Å². The van der Waals surface area contributed by atoms with Gasteiger partial charge in [-0.2, -0.15) is 0 Å². The first-order valence-corrected chi connectivity index (χ1v) is 8.91. The van der Waals surface area contributed by atoms with Crippen LogP contribution in [-0.2, 0) is 0 Å². The maximum absolute atomic E-state index is 12.7. The fourth-order valence-electron chi connectivity index (χ4n) is 3.20. The Hall–Kier alpha value is -1.88. The summed E-state index contributed by atoms with van der Waals surface area (Å²) in [6.07, 6.45) is 0.306. The van der Waals surface area contributed by atoms with Crippen LogP contribution in [-0.4, -0.2) is 59.5 Å². The van der Waals surface area contributed by atoms with E-state index in [9.17, 15) is 14.7 Å². The van der Waals surface area contributed by atoms with Crippen LogP contribution >= 0.6 is 0 Å². The lowest BCUT2D eigenvalue weighted by Crippen LogP contribution is -2.45. The van der Waals surface area contributed by atoms with Gasteiger partial charge in [0.05, 0.1) is 6.10 Å². The highest BCUT2D eigenvalue weighted by molar-refractivity contribution is 5.99. The minimum atomic E-state index is -0.486. The zero-order valence-corrected chi connectivity index (χ0v) is 16.0. The summed E-state index contributed by atoms with van der Waals surface area (Å²) in [5.74, 6) is -0.000963. The largest absolute Gasteiger partial charge is 0.391 e. The van der Waals surface area contributed by atoms with Crippen LogP contribution < -0.4 is 0 Å². The van der Waals surface area contributed by atoms with E-state index in [-0.39, 0.29) is 23.1 Å². The lowest BCUT2D eigenvalue weighted by molar-refractivity contribution is 0.0248. The number of hydrogen-bond donors (Lipinski definition) is 1. The van der Waals surface area contributed by atoms with Gasteiger partial charge in [-0.05, 0) is 36.0 Å². The Morgan fingerprint density at radius 1 is 1.28 bits per heavy atom. The van der Waals surface area contributed by atoms with Crippen LogP contribution in [0, 0.1) is 11.3 Å². The second-order valence-electron chi connectivity index (χ2n) is 8.39. The van der Waals surface area contributed by atoms with Crippen molar-refractivity contribution in [2.75, 3.05) is 26.7 Å². The monoisotopic (exact) mass is 346 g/mol. The highest BCUT2D eigenvalue weighted by Gasteiger charge is 2.28. The molecule has 1 heterocycles. The molecule has 2 atom stereocenters. The zero-order chi connectivity index (χ0) is 18.8. The number of rotatable bonds is 3. The van der Waals surface area contributed by atoms with Gasteiger partial charge in [-0.25, -0.2) is 0 Å². The van der Waals surface area contributed by atoms with Crippen molar-refractivity contribution in [3.63, 3.8) is 0 Å². The van der Waals surface area contributed by atoms with Crippen LogP contribution in [0.5, 0.6) is 0 Å². The van der Waals surface area contributed by atoms with E-state index >= 15 is 0 Å². The molecule has 0 saturated carbocycles. The Labute approximate surface area is 150 Å². The summed E-state index contributed by atoms with van der Waals surface area (Å²) < 4.78 is 0. The second-order valence-corrected chi connectivity index (χ2v) is 8.39. The highest BCUT2D eigenvalue weighted by atomic mass is 16.3. The van der Waals surface area contributed by atoms with Gasteiger partial charge in [-0.3, -0.25) is 9.59 Å². The zero-order valence-electron chi connectivity index (χ0n) is 16.0. The molecular formula is C20H30N2O3. The molecule has 1 aliphatic rings. The molecular weight excluding hydrogens is 316 g/mol. The van der Waals surface area contributed by atoms with Crippen LogP contribution in [0.15, 0.2) is 24.3 Å². The summed E-state index contributed by atoms with van der Waals surface area (Å²) in [6.45, 7) is 9.87. The summed E-state index contributed by atoms with van der Waals surface area (Å²) >= 11 is 0. The molecule has 138 valence electrons. The number of β-amino-alcohol motifs (C(OH)–C–C–N with tert-alkyl or cyclic N) is 1. The number of nitrogens with zero attached hydrogens (tertiary/aromatic N) is 2. The van der Waals surface area contributed by atoms with Crippen molar-refractivity contribution < 1.29 is 14.7 Å². The Morgan fingerprint density at radius 3 is 2.52 bits per heavy atom. The molecule has 2 unspecified atom stereocenters. The molecule has 0 bridgehead atoms. The van der Waals surface area contributed by atoms with Crippen LogP contribution in [0.25, 0.3) is 0 Å². The number of hydrogen-bond acceptors (Lipinski definition) is 3. The van der Waals surface area contributed by atoms with E-state index in [0.717, 1.165) is 6.42 Å². The second kappa shape index (κ2) is 7.56. The first kappa shape index (κ1) is 19.4. The minimum Gasteiger partial charge on any atom is -0.391 e. The Balaban J connectivity index is 2.13. The number of carbonyl (C=O) groups excluding carboxylic acids is 2. The number of likely N-dealkylation sites (tertiary alicyclic amines) is 1. The molecule has 5 nitrogen and oxygen atoms in total. The van der Waals surface area contributed by atoms with E-state index in [0.29, 0.717) is 30.8 Å². The van der Waals surface area contributed by atoms with E-state index in [1.54, 1.807) is 41.1 Å². The molecule has 2 amide bonds. The Bertz CT molecular complexity index is 636. The maximum Gasteiger partial charge on any atom is 0.253 e. The summed E-state index contributed by atoms with van der Waals surface area (Å²) in [5.41, 5.74) is 1.03. The number of piperidine rings is 1. The maximum atomic E-state index is 12.7. The van der Waals surface area contributed by atoms with Gasteiger partial charge in [-0.1, -0.05) is 33.8 Å². The number of aliphatic hydroxyl groups is 1. The minimum absolute atomic E-state index is 0.0124. The molecule has 0 spiro atoms. The fourth-order valence-corrected chi connectivity index (χ4v) is 3.20. The van der Waals surface area contributed by atoms with Gasteiger partial charge in [0.1, 0.15) is 0 Å². The van der Waals surface area contributed by atoms with Gasteiger partial charge >= 0.3 is 0 Å². The average molecular weight is 346 g/mol. The number of carbonyl (C=O) groups is 2. The third-order valence-corrected chi connectivity index (χ3v) is 4.62. The SMILES string of the molecule is CC1CCN(C(=O)c2cccc(C(=O)N(C)CC(C)(C)C)c2)CC1O. The Kier molecular flexibility index (Phi) is 5.88. The number of benzene rings is 1. The normalized spacial score (nSPS) is 21.1. The van der Waals surface area contributed by atoms with E-state index in [2.05, 4.69) is 20.8 Å². The van der Waals surface area contributed by atoms with Crippen LogP contribution in [0.1, 0.15) is 54.8 Å². The van der Waals surface area contributed by atoms with Gasteiger partial charge in [0.15, 0.2) is 0 Å². The molecule has 5 heteroatoms. The smallest absolute Gasteiger partial charge is 0.253 e. The number of aliphatic hydroxyl groups excluding tert-OH is 1. The third kappa shape index (κ3) is 5.05. The first-order valence-electron chi connectivity index (χ1n) is 8.91. The molecule has 25 heavy (non-hydrogen) atoms. The molecule has 1 aromatic rings. The summed E-state index contributed by atoms with van der Waals surface area (Å²) in [6, 6.07) is 6.88. The van der Waals surface area contributed by atoms with Gasteiger partial charge in [0, 0.05) is 37.8 Å². The quantitative estimate of drug-likeness (QED) is 0.915. The molecule has 0 radical (unpaired) electrons. The molecule has 2 rings (SSSR count). The molecule has 1 fully saturated rings. The molecule has 1 aliphatic heterocycles. The van der Waals surface area contributed by atoms with Crippen molar-refractivity contribution >= 4 is 11.8 Å². The summed E-state index contributed by atoms with van der Waals surface area (Å²) in [7, 11) is 1.78. The molecule has 0 aromatic heterocycles. The van der Waals surface area contributed by atoms with E-state index in [1.807, 2.05) is 6.92 Å². The van der Waals surface area contributed by atoms with Crippen molar-refractivity contribution in [3.8, 4) is 0 Å². The summed E-state index contributed by atoms with van der Waals surface area (Å²) in [5, 5.41) is 10.0. The topological polar surface area (TPSA) is 60.9 Å². The van der Waals surface area contributed by atoms with Crippen LogP contribution in [0.2, 0.25) is 0 Å². The van der Waals surface area contributed by atoms with Crippen molar-refractivity contribution in [2.45, 2.75) is 40.2 Å². The standard InChI is InChI=1S/C20H30N2O3/c1-14-9-10-22(12-17(14)23)19(25)16-8-6-7-15(11-16)18(24)21(5)13-20(2,3)4/h6-8,11,14,17,23H,9-10,12-13H2,1-5H3. The van der Waals surface area contributed by atoms with E-state index < -0.39 is 6.10 Å². The molecule has 0 aliphatic carbocycles. The lowest BCUT2D eigenvalue weighted by Gasteiger charge is -2.34.